The normalized spacial score (nSPS) is 24.1. The number of carbonyl (C=O) groups excluding carboxylic acids is 4. The second-order valence-electron chi connectivity index (χ2n) is 17.1. The van der Waals surface area contributed by atoms with Crippen molar-refractivity contribution in [2.45, 2.75) is 128 Å². The highest BCUT2D eigenvalue weighted by Crippen LogP contribution is 2.41. The fourth-order valence-electron chi connectivity index (χ4n) is 8.36. The molecule has 15 nitrogen and oxygen atoms in total. The van der Waals surface area contributed by atoms with Crippen molar-refractivity contribution in [2.75, 3.05) is 26.9 Å². The van der Waals surface area contributed by atoms with E-state index in [9.17, 15) is 27.6 Å². The van der Waals surface area contributed by atoms with E-state index in [2.05, 4.69) is 44.5 Å². The summed E-state index contributed by atoms with van der Waals surface area (Å²) in [5.74, 6) is -1.42. The first kappa shape index (κ1) is 44.7. The van der Waals surface area contributed by atoms with Gasteiger partial charge in [-0.3, -0.25) is 19.1 Å². The monoisotopic (exact) mass is 951 g/mol. The second-order valence-corrected chi connectivity index (χ2v) is 20.1. The molecule has 4 amide bonds. The number of aryl methyl sites for hydroxylation is 1. The quantitative estimate of drug-likeness (QED) is 0.189. The Kier molecular flexibility index (Phi) is 14.2. The molecule has 4 bridgehead atoms. The van der Waals surface area contributed by atoms with Crippen LogP contribution in [0, 0.1) is 20.8 Å². The molecule has 2 aliphatic carbocycles. The van der Waals surface area contributed by atoms with Crippen LogP contribution in [0.3, 0.4) is 0 Å². The number of halogens is 1. The van der Waals surface area contributed by atoms with Gasteiger partial charge in [-0.25, -0.2) is 18.2 Å². The van der Waals surface area contributed by atoms with Crippen LogP contribution in [-0.2, 0) is 35.6 Å². The summed E-state index contributed by atoms with van der Waals surface area (Å²) in [5.41, 5.74) is 1.17. The van der Waals surface area contributed by atoms with Crippen LogP contribution in [0.5, 0.6) is 17.4 Å². The molecule has 6 rings (SSSR count). The summed E-state index contributed by atoms with van der Waals surface area (Å²) < 4.78 is 52.9. The van der Waals surface area contributed by atoms with Gasteiger partial charge in [0.15, 0.2) is 0 Å². The van der Waals surface area contributed by atoms with Crippen LogP contribution in [0.1, 0.15) is 97.5 Å². The molecule has 2 saturated carbocycles. The predicted octanol–water partition coefficient (Wildman–Crippen LogP) is 5.55. The molecule has 59 heavy (non-hydrogen) atoms. The van der Waals surface area contributed by atoms with Gasteiger partial charge < -0.3 is 34.5 Å². The second kappa shape index (κ2) is 18.8. The number of nitrogens with zero attached hydrogens (tertiary/aromatic N) is 2. The number of benzene rings is 1. The van der Waals surface area contributed by atoms with Crippen molar-refractivity contribution in [3.8, 4) is 17.4 Å². The van der Waals surface area contributed by atoms with Crippen molar-refractivity contribution in [1.82, 2.24) is 25.2 Å². The van der Waals surface area contributed by atoms with Gasteiger partial charge in [-0.05, 0) is 97.4 Å². The van der Waals surface area contributed by atoms with E-state index in [-0.39, 0.29) is 30.9 Å². The lowest BCUT2D eigenvalue weighted by Gasteiger charge is -2.35. The van der Waals surface area contributed by atoms with Gasteiger partial charge in [-0.15, -0.1) is 6.58 Å². The number of amides is 4. The molecular weight excluding hydrogens is 893 g/mol. The molecule has 4 aliphatic rings. The molecular formula is C42H58IN5O10S. The van der Waals surface area contributed by atoms with Gasteiger partial charge >= 0.3 is 6.09 Å². The third-order valence-electron chi connectivity index (χ3n) is 11.9. The van der Waals surface area contributed by atoms with Crippen LogP contribution in [0.25, 0.3) is 10.9 Å². The van der Waals surface area contributed by atoms with Gasteiger partial charge in [0.25, 0.3) is 5.91 Å². The molecule has 3 fully saturated rings. The van der Waals surface area contributed by atoms with Crippen LogP contribution < -0.4 is 29.6 Å². The first-order valence-electron chi connectivity index (χ1n) is 20.8. The number of carbonyl (C=O) groups is 4. The van der Waals surface area contributed by atoms with Gasteiger partial charge in [-0.1, -0.05) is 46.1 Å². The number of hydrogen-bond acceptors (Lipinski definition) is 11. The lowest BCUT2D eigenvalue weighted by atomic mass is 9.83. The Bertz CT molecular complexity index is 2040. The molecule has 0 spiro atoms. The summed E-state index contributed by atoms with van der Waals surface area (Å²) in [7, 11) is -2.30. The van der Waals surface area contributed by atoms with Crippen LogP contribution in [0.2, 0.25) is 0 Å². The number of cyclic esters (lactones) is 1. The third-order valence-corrected chi connectivity index (χ3v) is 14.7. The van der Waals surface area contributed by atoms with Crippen LogP contribution in [-0.4, -0.2) is 98.5 Å². The highest BCUT2D eigenvalue weighted by Gasteiger charge is 2.47. The van der Waals surface area contributed by atoms with E-state index >= 15 is 0 Å². The van der Waals surface area contributed by atoms with E-state index in [1.807, 2.05) is 26.8 Å². The number of fused-ring (bicyclic) bond motifs is 3. The molecule has 5 atom stereocenters. The standard InChI is InChI=1S/C42H58IN5O10S/c1-7-24(3)34(39(50)47-59(53,54)28-16-17-28)45-38(49)30-20-27-22-48(30)40(51)35(25-13-10-9-11-14-25)46-41(52)57-23-42(4,5)18-12-15-26-19-29-31(58-27)21-32(56-8-2)44-36(29)33(43)37(26)55-6/h7,19,21,24-25,27-28,30,34-35H,1,8-18,20,22-23H2,2-6H3,(H,45,49)(H,46,52)(H,47,50)/t24-,27+,30?,34?,35-/m0/s1. The summed E-state index contributed by atoms with van der Waals surface area (Å²) in [6.07, 6.45) is 7.30. The molecule has 2 aromatic rings. The molecule has 1 saturated heterocycles. The molecule has 3 N–H and O–H groups in total. The number of aromatic nitrogens is 1. The highest BCUT2D eigenvalue weighted by atomic mass is 127. The lowest BCUT2D eigenvalue weighted by Crippen LogP contribution is -2.59. The number of methoxy groups -OCH3 is 1. The zero-order chi connectivity index (χ0) is 42.6. The topological polar surface area (TPSA) is 192 Å². The minimum Gasteiger partial charge on any atom is -0.495 e. The van der Waals surface area contributed by atoms with Crippen molar-refractivity contribution in [2.24, 2.45) is 17.3 Å². The van der Waals surface area contributed by atoms with Crippen LogP contribution in [0.4, 0.5) is 4.79 Å². The van der Waals surface area contributed by atoms with E-state index in [4.69, 9.17) is 23.9 Å². The van der Waals surface area contributed by atoms with E-state index in [0.717, 1.165) is 41.2 Å². The Morgan fingerprint density at radius 1 is 1.15 bits per heavy atom. The van der Waals surface area contributed by atoms with Gasteiger partial charge in [-0.2, -0.15) is 0 Å². The highest BCUT2D eigenvalue weighted by molar-refractivity contribution is 14.1. The van der Waals surface area contributed by atoms with Crippen LogP contribution in [0.15, 0.2) is 24.8 Å². The van der Waals surface area contributed by atoms with E-state index in [1.165, 1.54) is 11.0 Å². The summed E-state index contributed by atoms with van der Waals surface area (Å²) in [6, 6.07) is 0.273. The number of rotatable bonds is 11. The van der Waals surface area contributed by atoms with Crippen molar-refractivity contribution < 1.29 is 46.5 Å². The zero-order valence-corrected chi connectivity index (χ0v) is 37.6. The minimum atomic E-state index is -3.92. The average molecular weight is 952 g/mol. The number of hydrogen-bond donors (Lipinski definition) is 3. The van der Waals surface area contributed by atoms with E-state index < -0.39 is 69.2 Å². The Morgan fingerprint density at radius 2 is 1.88 bits per heavy atom. The zero-order valence-electron chi connectivity index (χ0n) is 34.6. The molecule has 0 radical (unpaired) electrons. The molecule has 2 aliphatic heterocycles. The van der Waals surface area contributed by atoms with Crippen molar-refractivity contribution in [3.05, 3.63) is 33.9 Å². The maximum atomic E-state index is 15.0. The SMILES string of the molecule is C=C[C@H](C)C(NC(=O)C1C[C@@H]2CN1C(=O)[C@H](C1CCCCC1)NC(=O)OCC(C)(C)CCCc1cc3c(cc(OCC)nc3c(I)c1OC)O2)C(=O)NS(=O)(=O)C1CC1. The van der Waals surface area contributed by atoms with Gasteiger partial charge in [0.05, 0.1) is 41.2 Å². The Balaban J connectivity index is 1.42. The third kappa shape index (κ3) is 10.5. The van der Waals surface area contributed by atoms with Crippen LogP contribution >= 0.6 is 22.6 Å². The van der Waals surface area contributed by atoms with Crippen molar-refractivity contribution in [1.29, 1.82) is 0 Å². The molecule has 1 aromatic heterocycles. The average Bonchev–Trinajstić information content (AvgIpc) is 3.99. The number of alkyl carbamates (subject to hydrolysis) is 1. The molecule has 3 heterocycles. The summed E-state index contributed by atoms with van der Waals surface area (Å²) in [6.45, 7) is 11.8. The Hall–Kier alpha value is -3.87. The van der Waals surface area contributed by atoms with E-state index in [0.29, 0.717) is 67.0 Å². The number of sulfonamides is 1. The van der Waals surface area contributed by atoms with Crippen molar-refractivity contribution in [3.63, 3.8) is 0 Å². The molecule has 1 aromatic carbocycles. The van der Waals surface area contributed by atoms with Gasteiger partial charge in [0.1, 0.15) is 35.7 Å². The first-order chi connectivity index (χ1) is 28.0. The summed E-state index contributed by atoms with van der Waals surface area (Å²) in [4.78, 5) is 62.8. The fraction of sp³-hybridized carbons (Fsp3) is 0.643. The maximum absolute atomic E-state index is 15.0. The predicted molar refractivity (Wildman–Crippen MR) is 230 cm³/mol. The molecule has 2 unspecified atom stereocenters. The molecule has 324 valence electrons. The smallest absolute Gasteiger partial charge is 0.407 e. The molecule has 17 heteroatoms. The Labute approximate surface area is 360 Å². The largest absolute Gasteiger partial charge is 0.495 e. The van der Waals surface area contributed by atoms with Crippen molar-refractivity contribution >= 4 is 67.3 Å². The first-order valence-corrected chi connectivity index (χ1v) is 23.4. The maximum Gasteiger partial charge on any atom is 0.407 e. The lowest BCUT2D eigenvalue weighted by molar-refractivity contribution is -0.142. The van der Waals surface area contributed by atoms with Gasteiger partial charge in [0.2, 0.25) is 27.7 Å². The minimum absolute atomic E-state index is 0.0261. The van der Waals surface area contributed by atoms with Gasteiger partial charge in [0, 0.05) is 23.8 Å². The fourth-order valence-corrected chi connectivity index (χ4v) is 10.7. The number of nitrogens with one attached hydrogen (secondary N) is 3. The van der Waals surface area contributed by atoms with E-state index in [1.54, 1.807) is 20.1 Å². The summed E-state index contributed by atoms with van der Waals surface area (Å²) in [5, 5.41) is 5.72. The summed E-state index contributed by atoms with van der Waals surface area (Å²) >= 11 is 2.23. The number of pyridine rings is 1. The Morgan fingerprint density at radius 3 is 2.54 bits per heavy atom. The number of ether oxygens (including phenoxy) is 4.